The average Bonchev–Trinajstić information content (AvgIpc) is 2.90. The number of benzene rings is 1. The van der Waals surface area contributed by atoms with Gasteiger partial charge in [-0.3, -0.25) is 4.72 Å². The highest BCUT2D eigenvalue weighted by molar-refractivity contribution is 9.10. The van der Waals surface area contributed by atoms with Gasteiger partial charge < -0.3 is 9.84 Å². The van der Waals surface area contributed by atoms with E-state index in [1.807, 2.05) is 0 Å². The number of hydrogen-bond acceptors (Lipinski definition) is 5. The molecule has 0 radical (unpaired) electrons. The van der Waals surface area contributed by atoms with E-state index < -0.39 is 10.0 Å². The van der Waals surface area contributed by atoms with Crippen LogP contribution >= 0.6 is 27.3 Å². The van der Waals surface area contributed by atoms with Crippen LogP contribution in [0.15, 0.2) is 39.0 Å². The number of aliphatic hydroxyl groups is 1. The summed E-state index contributed by atoms with van der Waals surface area (Å²) in [6.07, 6.45) is 0. The molecule has 0 atom stereocenters. The third-order valence-corrected chi connectivity index (χ3v) is 5.70. The van der Waals surface area contributed by atoms with Gasteiger partial charge in [0.25, 0.3) is 10.0 Å². The van der Waals surface area contributed by atoms with Crippen LogP contribution in [0.25, 0.3) is 0 Å². The molecule has 0 bridgehead atoms. The maximum Gasteiger partial charge on any atom is 0.263 e. The van der Waals surface area contributed by atoms with E-state index in [4.69, 9.17) is 9.84 Å². The lowest BCUT2D eigenvalue weighted by molar-refractivity contribution is 0.282. The number of anilines is 1. The van der Waals surface area contributed by atoms with Crippen molar-refractivity contribution < 1.29 is 18.3 Å². The zero-order valence-electron chi connectivity index (χ0n) is 10.5. The summed E-state index contributed by atoms with van der Waals surface area (Å²) >= 11 is 4.49. The minimum atomic E-state index is -3.72. The first kappa shape index (κ1) is 15.3. The first-order valence-corrected chi connectivity index (χ1v) is 8.67. The van der Waals surface area contributed by atoms with E-state index in [1.54, 1.807) is 23.6 Å². The minimum absolute atomic E-state index is 0.0897. The lowest BCUT2D eigenvalue weighted by Crippen LogP contribution is -2.13. The standard InChI is InChI=1S/C12H12BrNO4S2/c1-18-10-6-8(2-3-9(10)13)14-20(16,17)12-4-5-19-11(12)7-15/h2-6,14-15H,7H2,1H3. The molecule has 0 saturated carbocycles. The quantitative estimate of drug-likeness (QED) is 0.839. The molecule has 108 valence electrons. The second-order valence-corrected chi connectivity index (χ2v) is 7.33. The van der Waals surface area contributed by atoms with Crippen LogP contribution in [-0.4, -0.2) is 20.6 Å². The number of ether oxygens (including phenoxy) is 1. The van der Waals surface area contributed by atoms with Crippen molar-refractivity contribution in [1.82, 2.24) is 0 Å². The fourth-order valence-electron chi connectivity index (χ4n) is 1.62. The predicted octanol–water partition coefficient (Wildman–Crippen LogP) is 2.81. The summed E-state index contributed by atoms with van der Waals surface area (Å²) in [6.45, 7) is -0.308. The molecule has 2 aromatic rings. The normalized spacial score (nSPS) is 11.3. The van der Waals surface area contributed by atoms with E-state index in [9.17, 15) is 8.42 Å². The first-order valence-electron chi connectivity index (χ1n) is 5.51. The van der Waals surface area contributed by atoms with Gasteiger partial charge in [-0.1, -0.05) is 0 Å². The molecule has 0 spiro atoms. The van der Waals surface area contributed by atoms with E-state index >= 15 is 0 Å². The predicted molar refractivity (Wildman–Crippen MR) is 81.7 cm³/mol. The van der Waals surface area contributed by atoms with Gasteiger partial charge >= 0.3 is 0 Å². The van der Waals surface area contributed by atoms with E-state index in [2.05, 4.69) is 20.7 Å². The summed E-state index contributed by atoms with van der Waals surface area (Å²) in [7, 11) is -2.22. The van der Waals surface area contributed by atoms with Gasteiger partial charge in [0.1, 0.15) is 10.6 Å². The van der Waals surface area contributed by atoms with Gasteiger partial charge in [-0.15, -0.1) is 11.3 Å². The molecule has 8 heteroatoms. The molecule has 0 aliphatic heterocycles. The zero-order chi connectivity index (χ0) is 14.8. The minimum Gasteiger partial charge on any atom is -0.495 e. The maximum absolute atomic E-state index is 12.3. The SMILES string of the molecule is COc1cc(NS(=O)(=O)c2ccsc2CO)ccc1Br. The number of rotatable bonds is 5. The lowest BCUT2D eigenvalue weighted by atomic mass is 10.3. The van der Waals surface area contributed by atoms with Gasteiger partial charge in [0.05, 0.1) is 28.8 Å². The zero-order valence-corrected chi connectivity index (χ0v) is 13.7. The van der Waals surface area contributed by atoms with E-state index in [0.717, 1.165) is 4.47 Å². The Kier molecular flexibility index (Phi) is 4.69. The van der Waals surface area contributed by atoms with Gasteiger partial charge in [0.2, 0.25) is 0 Å². The van der Waals surface area contributed by atoms with E-state index in [-0.39, 0.29) is 11.5 Å². The molecule has 5 nitrogen and oxygen atoms in total. The first-order chi connectivity index (χ1) is 9.47. The fraction of sp³-hybridized carbons (Fsp3) is 0.167. The second kappa shape index (κ2) is 6.13. The van der Waals surface area contributed by atoms with Crippen LogP contribution in [0.1, 0.15) is 4.88 Å². The van der Waals surface area contributed by atoms with Gasteiger partial charge in [-0.25, -0.2) is 8.42 Å². The van der Waals surface area contributed by atoms with E-state index in [1.165, 1.54) is 24.5 Å². The Morgan fingerprint density at radius 2 is 2.15 bits per heavy atom. The van der Waals surface area contributed by atoms with Crippen molar-refractivity contribution in [1.29, 1.82) is 0 Å². The largest absolute Gasteiger partial charge is 0.495 e. The third kappa shape index (κ3) is 3.14. The van der Waals surface area contributed by atoms with Gasteiger partial charge in [0, 0.05) is 6.07 Å². The van der Waals surface area contributed by atoms with Gasteiger partial charge in [0.15, 0.2) is 0 Å². The fourth-order valence-corrected chi connectivity index (χ4v) is 4.37. The van der Waals surface area contributed by atoms with Crippen LogP contribution in [-0.2, 0) is 16.6 Å². The summed E-state index contributed by atoms with van der Waals surface area (Å²) in [5, 5.41) is 10.8. The summed E-state index contributed by atoms with van der Waals surface area (Å²) in [5.41, 5.74) is 0.389. The van der Waals surface area contributed by atoms with Crippen LogP contribution in [0.3, 0.4) is 0 Å². The van der Waals surface area contributed by atoms with Crippen molar-refractivity contribution in [2.24, 2.45) is 0 Å². The van der Waals surface area contributed by atoms with Crippen LogP contribution in [0, 0.1) is 0 Å². The molecule has 0 amide bonds. The van der Waals surface area contributed by atoms with E-state index in [0.29, 0.717) is 16.3 Å². The smallest absolute Gasteiger partial charge is 0.263 e. The number of hydrogen-bond donors (Lipinski definition) is 2. The highest BCUT2D eigenvalue weighted by Crippen LogP contribution is 2.30. The molecule has 0 unspecified atom stereocenters. The number of aliphatic hydroxyl groups excluding tert-OH is 1. The molecule has 20 heavy (non-hydrogen) atoms. The highest BCUT2D eigenvalue weighted by Gasteiger charge is 2.19. The molecule has 0 aliphatic rings. The molecule has 1 aromatic heterocycles. The Bertz CT molecular complexity index is 712. The summed E-state index contributed by atoms with van der Waals surface area (Å²) < 4.78 is 32.8. The molecule has 0 fully saturated rings. The Hall–Kier alpha value is -1.09. The van der Waals surface area contributed by atoms with Crippen LogP contribution in [0.4, 0.5) is 5.69 Å². The molecular weight excluding hydrogens is 366 g/mol. The molecule has 2 rings (SSSR count). The van der Waals surface area contributed by atoms with Crippen molar-refractivity contribution >= 4 is 43.0 Å². The number of thiophene rings is 1. The highest BCUT2D eigenvalue weighted by atomic mass is 79.9. The second-order valence-electron chi connectivity index (χ2n) is 3.82. The molecule has 1 aromatic carbocycles. The van der Waals surface area contributed by atoms with Crippen molar-refractivity contribution in [2.75, 3.05) is 11.8 Å². The average molecular weight is 378 g/mol. The van der Waals surface area contributed by atoms with Gasteiger partial charge in [-0.05, 0) is 39.5 Å². The number of sulfonamides is 1. The number of halogens is 1. The summed E-state index contributed by atoms with van der Waals surface area (Å²) in [5.74, 6) is 0.526. The number of methoxy groups -OCH3 is 1. The van der Waals surface area contributed by atoms with Gasteiger partial charge in [-0.2, -0.15) is 0 Å². The molecule has 0 aliphatic carbocycles. The van der Waals surface area contributed by atoms with Crippen molar-refractivity contribution in [3.8, 4) is 5.75 Å². The monoisotopic (exact) mass is 377 g/mol. The maximum atomic E-state index is 12.3. The topological polar surface area (TPSA) is 75.6 Å². The van der Waals surface area contributed by atoms with Crippen molar-refractivity contribution in [3.05, 3.63) is 39.0 Å². The number of nitrogens with one attached hydrogen (secondary N) is 1. The molecule has 0 saturated heterocycles. The van der Waals surface area contributed by atoms with Crippen LogP contribution in [0.2, 0.25) is 0 Å². The van der Waals surface area contributed by atoms with Crippen LogP contribution < -0.4 is 9.46 Å². The van der Waals surface area contributed by atoms with Crippen molar-refractivity contribution in [2.45, 2.75) is 11.5 Å². The Morgan fingerprint density at radius 1 is 1.40 bits per heavy atom. The molecular formula is C12H12BrNO4S2. The third-order valence-electron chi connectivity index (χ3n) is 2.54. The Balaban J connectivity index is 2.33. The van der Waals surface area contributed by atoms with Crippen LogP contribution in [0.5, 0.6) is 5.75 Å². The lowest BCUT2D eigenvalue weighted by Gasteiger charge is -2.10. The molecule has 1 heterocycles. The molecule has 2 N–H and O–H groups in total. The summed E-state index contributed by atoms with van der Waals surface area (Å²) in [4.78, 5) is 0.494. The summed E-state index contributed by atoms with van der Waals surface area (Å²) in [6, 6.07) is 6.35. The Morgan fingerprint density at radius 3 is 2.80 bits per heavy atom. The van der Waals surface area contributed by atoms with Crippen molar-refractivity contribution in [3.63, 3.8) is 0 Å². The Labute approximate surface area is 129 Å².